The van der Waals surface area contributed by atoms with Crippen LogP contribution in [0.5, 0.6) is 0 Å². The molecule has 22 heavy (non-hydrogen) atoms. The number of hydrogen-bond acceptors (Lipinski definition) is 2. The third-order valence-corrected chi connectivity index (χ3v) is 7.97. The molecule has 0 N–H and O–H groups in total. The normalized spacial score (nSPS) is 51.0. The average Bonchev–Trinajstić information content (AvgIpc) is 2.70. The Morgan fingerprint density at radius 3 is 2.59 bits per heavy atom. The molecule has 0 bridgehead atoms. The maximum atomic E-state index is 12.6. The lowest BCUT2D eigenvalue weighted by Gasteiger charge is -2.57. The van der Waals surface area contributed by atoms with Gasteiger partial charge in [-0.25, -0.2) is 0 Å². The van der Waals surface area contributed by atoms with Gasteiger partial charge in [0.2, 0.25) is 0 Å². The van der Waals surface area contributed by atoms with Gasteiger partial charge < -0.3 is 0 Å². The molecule has 4 aliphatic carbocycles. The highest BCUT2D eigenvalue weighted by Gasteiger charge is 2.60. The number of hydrogen-bond donors (Lipinski definition) is 0. The Morgan fingerprint density at radius 2 is 1.82 bits per heavy atom. The number of allylic oxidation sites excluding steroid dienone is 1. The molecule has 1 unspecified atom stereocenters. The molecule has 0 spiro atoms. The molecule has 0 heterocycles. The van der Waals surface area contributed by atoms with Crippen LogP contribution < -0.4 is 0 Å². The van der Waals surface area contributed by atoms with Crippen LogP contribution in [0, 0.1) is 34.5 Å². The van der Waals surface area contributed by atoms with E-state index in [4.69, 9.17) is 0 Å². The zero-order valence-electron chi connectivity index (χ0n) is 14.2. The Labute approximate surface area is 133 Å². The third-order valence-electron chi connectivity index (χ3n) is 7.97. The van der Waals surface area contributed by atoms with Gasteiger partial charge in [0.1, 0.15) is 5.78 Å². The van der Waals surface area contributed by atoms with Crippen LogP contribution in [0.15, 0.2) is 11.6 Å². The van der Waals surface area contributed by atoms with Crippen LogP contribution in [0.1, 0.15) is 65.7 Å². The first-order chi connectivity index (χ1) is 10.4. The molecule has 0 amide bonds. The summed E-state index contributed by atoms with van der Waals surface area (Å²) in [6, 6.07) is 0. The van der Waals surface area contributed by atoms with Crippen LogP contribution in [-0.2, 0) is 9.59 Å². The second kappa shape index (κ2) is 4.55. The van der Waals surface area contributed by atoms with Crippen LogP contribution in [0.4, 0.5) is 0 Å². The first kappa shape index (κ1) is 14.7. The molecule has 0 aliphatic heterocycles. The van der Waals surface area contributed by atoms with Crippen molar-refractivity contribution in [3.8, 4) is 0 Å². The van der Waals surface area contributed by atoms with Crippen molar-refractivity contribution < 1.29 is 9.59 Å². The van der Waals surface area contributed by atoms with Gasteiger partial charge in [-0.1, -0.05) is 26.3 Å². The standard InChI is InChI=1S/C20H28O2/c1-12-10-17(22)20(3)9-7-16-15(18(12)20)5-4-13-11-14(21)6-8-19(13,16)2/h11-12,15-16,18H,4-10H2,1-3H3/t12?,15-,16+,18+,19+,20-/m1/s1. The lowest BCUT2D eigenvalue weighted by Crippen LogP contribution is -2.51. The first-order valence-corrected chi connectivity index (χ1v) is 9.13. The van der Waals surface area contributed by atoms with Crippen molar-refractivity contribution in [1.82, 2.24) is 0 Å². The Balaban J connectivity index is 1.73. The average molecular weight is 300 g/mol. The minimum absolute atomic E-state index is 0.0529. The zero-order valence-corrected chi connectivity index (χ0v) is 14.2. The molecule has 3 saturated carbocycles. The van der Waals surface area contributed by atoms with E-state index >= 15 is 0 Å². The van der Waals surface area contributed by atoms with Gasteiger partial charge in [0.25, 0.3) is 0 Å². The second-order valence-electron chi connectivity index (χ2n) is 8.95. The first-order valence-electron chi connectivity index (χ1n) is 9.13. The fourth-order valence-corrected chi connectivity index (χ4v) is 6.84. The second-order valence-corrected chi connectivity index (χ2v) is 8.95. The van der Waals surface area contributed by atoms with Gasteiger partial charge in [0, 0.05) is 18.3 Å². The predicted molar refractivity (Wildman–Crippen MR) is 86.3 cm³/mol. The summed E-state index contributed by atoms with van der Waals surface area (Å²) in [5, 5.41) is 0. The number of ketones is 2. The van der Waals surface area contributed by atoms with Crippen LogP contribution in [-0.4, -0.2) is 11.6 Å². The van der Waals surface area contributed by atoms with E-state index in [1.165, 1.54) is 18.4 Å². The number of carbonyl (C=O) groups is 2. The van der Waals surface area contributed by atoms with Crippen LogP contribution in [0.2, 0.25) is 0 Å². The SMILES string of the molecule is CC1CC(=O)[C@@]2(C)CC[C@H]3[C@@H](CCC4=CC(=O)CC[C@@]43C)[C@H]12. The summed E-state index contributed by atoms with van der Waals surface area (Å²) in [6.45, 7) is 6.96. The van der Waals surface area contributed by atoms with Crippen molar-refractivity contribution in [3.05, 3.63) is 11.6 Å². The number of fused-ring (bicyclic) bond motifs is 5. The quantitative estimate of drug-likeness (QED) is 0.667. The topological polar surface area (TPSA) is 34.1 Å². The Hall–Kier alpha value is -0.920. The highest BCUT2D eigenvalue weighted by molar-refractivity contribution is 5.91. The maximum absolute atomic E-state index is 12.6. The molecule has 2 heteroatoms. The minimum atomic E-state index is -0.0529. The summed E-state index contributed by atoms with van der Waals surface area (Å²) < 4.78 is 0. The molecule has 0 aromatic carbocycles. The number of rotatable bonds is 0. The smallest absolute Gasteiger partial charge is 0.155 e. The fraction of sp³-hybridized carbons (Fsp3) is 0.800. The van der Waals surface area contributed by atoms with Gasteiger partial charge in [0.05, 0.1) is 0 Å². The largest absolute Gasteiger partial charge is 0.299 e. The van der Waals surface area contributed by atoms with E-state index in [1.54, 1.807) is 0 Å². The zero-order chi connectivity index (χ0) is 15.7. The fourth-order valence-electron chi connectivity index (χ4n) is 6.84. The van der Waals surface area contributed by atoms with Crippen LogP contribution >= 0.6 is 0 Å². The van der Waals surface area contributed by atoms with E-state index in [0.717, 1.165) is 32.1 Å². The highest BCUT2D eigenvalue weighted by atomic mass is 16.1. The number of carbonyl (C=O) groups excluding carboxylic acids is 2. The predicted octanol–water partition coefficient (Wildman–Crippen LogP) is 4.33. The summed E-state index contributed by atoms with van der Waals surface area (Å²) in [7, 11) is 0. The van der Waals surface area contributed by atoms with Crippen molar-refractivity contribution in [2.75, 3.05) is 0 Å². The van der Waals surface area contributed by atoms with Crippen molar-refractivity contribution in [1.29, 1.82) is 0 Å². The van der Waals surface area contributed by atoms with Gasteiger partial charge in [-0.15, -0.1) is 0 Å². The Kier molecular flexibility index (Phi) is 3.03. The molecule has 0 radical (unpaired) electrons. The molecule has 0 aromatic heterocycles. The maximum Gasteiger partial charge on any atom is 0.155 e. The van der Waals surface area contributed by atoms with Crippen molar-refractivity contribution in [3.63, 3.8) is 0 Å². The van der Waals surface area contributed by atoms with E-state index in [9.17, 15) is 9.59 Å². The van der Waals surface area contributed by atoms with E-state index in [0.29, 0.717) is 35.2 Å². The van der Waals surface area contributed by atoms with E-state index in [1.807, 2.05) is 6.08 Å². The molecule has 2 nitrogen and oxygen atoms in total. The minimum Gasteiger partial charge on any atom is -0.299 e. The number of Topliss-reactive ketones (excluding diaryl/α,β-unsaturated/α-hetero) is 1. The lowest BCUT2D eigenvalue weighted by atomic mass is 9.47. The Morgan fingerprint density at radius 1 is 1.05 bits per heavy atom. The molecule has 3 fully saturated rings. The third kappa shape index (κ3) is 1.73. The van der Waals surface area contributed by atoms with Crippen molar-refractivity contribution in [2.24, 2.45) is 34.5 Å². The van der Waals surface area contributed by atoms with E-state index in [2.05, 4.69) is 20.8 Å². The van der Waals surface area contributed by atoms with E-state index in [-0.39, 0.29) is 10.8 Å². The summed E-state index contributed by atoms with van der Waals surface area (Å²) >= 11 is 0. The molecule has 4 rings (SSSR count). The molecule has 6 atom stereocenters. The summed E-state index contributed by atoms with van der Waals surface area (Å²) in [5.41, 5.74) is 1.59. The van der Waals surface area contributed by atoms with Gasteiger partial charge in [-0.3, -0.25) is 9.59 Å². The van der Waals surface area contributed by atoms with Gasteiger partial charge in [-0.05, 0) is 67.3 Å². The molecule has 120 valence electrons. The van der Waals surface area contributed by atoms with Gasteiger partial charge in [0.15, 0.2) is 5.78 Å². The van der Waals surface area contributed by atoms with Crippen molar-refractivity contribution in [2.45, 2.75) is 65.7 Å². The van der Waals surface area contributed by atoms with Crippen LogP contribution in [0.25, 0.3) is 0 Å². The molecule has 0 aromatic rings. The molecule has 0 saturated heterocycles. The van der Waals surface area contributed by atoms with Gasteiger partial charge >= 0.3 is 0 Å². The Bertz CT molecular complexity index is 574. The molecular formula is C20H28O2. The molecular weight excluding hydrogens is 272 g/mol. The lowest BCUT2D eigenvalue weighted by molar-refractivity contribution is -0.133. The summed E-state index contributed by atoms with van der Waals surface area (Å²) in [5.74, 6) is 3.35. The van der Waals surface area contributed by atoms with Crippen LogP contribution in [0.3, 0.4) is 0 Å². The monoisotopic (exact) mass is 300 g/mol. The highest BCUT2D eigenvalue weighted by Crippen LogP contribution is 2.65. The summed E-state index contributed by atoms with van der Waals surface area (Å²) in [4.78, 5) is 24.4. The van der Waals surface area contributed by atoms with Gasteiger partial charge in [-0.2, -0.15) is 0 Å². The molecule has 4 aliphatic rings. The summed E-state index contributed by atoms with van der Waals surface area (Å²) in [6.07, 6.45) is 9.04. The van der Waals surface area contributed by atoms with E-state index < -0.39 is 0 Å². The van der Waals surface area contributed by atoms with Crippen molar-refractivity contribution >= 4 is 11.6 Å².